The van der Waals surface area contributed by atoms with Crippen LogP contribution in [0.5, 0.6) is 5.75 Å². The van der Waals surface area contributed by atoms with E-state index in [2.05, 4.69) is 15.9 Å². The summed E-state index contributed by atoms with van der Waals surface area (Å²) in [6.07, 6.45) is 1.63. The minimum Gasteiger partial charge on any atom is -0.488 e. The molecule has 7 nitrogen and oxygen atoms in total. The molecule has 2 aromatic rings. The Hall–Kier alpha value is -2.62. The molecule has 2 saturated heterocycles. The summed E-state index contributed by atoms with van der Waals surface area (Å²) in [6.45, 7) is 1.96. The summed E-state index contributed by atoms with van der Waals surface area (Å²) in [7, 11) is 0. The lowest BCUT2D eigenvalue weighted by atomic mass is 10.1. The van der Waals surface area contributed by atoms with Gasteiger partial charge in [0.15, 0.2) is 0 Å². The zero-order valence-electron chi connectivity index (χ0n) is 17.2. The van der Waals surface area contributed by atoms with E-state index in [4.69, 9.17) is 9.47 Å². The highest BCUT2D eigenvalue weighted by Gasteiger charge is 2.37. The molecule has 2 heterocycles. The summed E-state index contributed by atoms with van der Waals surface area (Å²) in [5.74, 6) is -0.143. The van der Waals surface area contributed by atoms with E-state index >= 15 is 0 Å². The third-order valence-corrected chi connectivity index (χ3v) is 6.43. The van der Waals surface area contributed by atoms with E-state index in [1.165, 1.54) is 0 Å². The number of ether oxygens (including phenoxy) is 2. The van der Waals surface area contributed by atoms with Crippen molar-refractivity contribution in [3.05, 3.63) is 69.0 Å². The van der Waals surface area contributed by atoms with Gasteiger partial charge in [-0.15, -0.1) is 0 Å². The van der Waals surface area contributed by atoms with Crippen molar-refractivity contribution < 1.29 is 23.9 Å². The van der Waals surface area contributed by atoms with Crippen LogP contribution < -0.4 is 4.74 Å². The number of morpholine rings is 1. The molecular weight excluding hydrogens is 496 g/mol. The maximum absolute atomic E-state index is 12.9. The van der Waals surface area contributed by atoms with Crippen LogP contribution in [-0.4, -0.2) is 59.7 Å². The number of thioether (sulfide) groups is 1. The summed E-state index contributed by atoms with van der Waals surface area (Å²) in [5.41, 5.74) is 1.68. The van der Waals surface area contributed by atoms with Gasteiger partial charge in [0.2, 0.25) is 5.91 Å². The standard InChI is InChI=1S/C23H21BrN2O5S/c24-18-6-7-19(31-15-16-4-2-1-3-5-16)17(12-18)13-20-22(28)26(23(29)32-20)14-21(27)25-8-10-30-11-9-25/h1-7,12-13H,8-11,14-15H2/b20-13+. The number of carbonyl (C=O) groups excluding carboxylic acids is 3. The van der Waals surface area contributed by atoms with Gasteiger partial charge in [-0.05, 0) is 41.6 Å². The maximum atomic E-state index is 12.9. The van der Waals surface area contributed by atoms with Crippen LogP contribution in [0.25, 0.3) is 6.08 Å². The summed E-state index contributed by atoms with van der Waals surface area (Å²) in [4.78, 5) is 40.7. The maximum Gasteiger partial charge on any atom is 0.294 e. The van der Waals surface area contributed by atoms with Crippen molar-refractivity contribution in [1.29, 1.82) is 0 Å². The van der Waals surface area contributed by atoms with E-state index in [1.807, 2.05) is 48.5 Å². The number of amides is 3. The second-order valence-corrected chi connectivity index (χ2v) is 9.13. The number of hydrogen-bond acceptors (Lipinski definition) is 6. The quantitative estimate of drug-likeness (QED) is 0.541. The van der Waals surface area contributed by atoms with E-state index in [9.17, 15) is 14.4 Å². The Balaban J connectivity index is 1.49. The number of imide groups is 1. The fraction of sp³-hybridized carbons (Fsp3) is 0.261. The Morgan fingerprint density at radius 1 is 1.12 bits per heavy atom. The molecule has 0 bridgehead atoms. The fourth-order valence-corrected chi connectivity index (χ4v) is 4.53. The normalized spacial score (nSPS) is 17.8. The average Bonchev–Trinajstić information content (AvgIpc) is 3.07. The van der Waals surface area contributed by atoms with Crippen molar-refractivity contribution in [2.24, 2.45) is 0 Å². The zero-order valence-corrected chi connectivity index (χ0v) is 19.6. The molecule has 32 heavy (non-hydrogen) atoms. The molecule has 0 unspecified atom stereocenters. The van der Waals surface area contributed by atoms with Gasteiger partial charge in [0, 0.05) is 23.1 Å². The van der Waals surface area contributed by atoms with Gasteiger partial charge in [-0.25, -0.2) is 0 Å². The molecule has 0 N–H and O–H groups in total. The molecule has 2 aliphatic rings. The van der Waals surface area contributed by atoms with Crippen LogP contribution in [0.3, 0.4) is 0 Å². The van der Waals surface area contributed by atoms with Gasteiger partial charge in [-0.3, -0.25) is 19.3 Å². The van der Waals surface area contributed by atoms with Crippen molar-refractivity contribution in [3.8, 4) is 5.75 Å². The van der Waals surface area contributed by atoms with Crippen LogP contribution in [0.15, 0.2) is 57.9 Å². The van der Waals surface area contributed by atoms with Crippen LogP contribution in [-0.2, 0) is 20.9 Å². The van der Waals surface area contributed by atoms with Gasteiger partial charge in [-0.1, -0.05) is 46.3 Å². The Morgan fingerprint density at radius 2 is 1.88 bits per heavy atom. The first kappa shape index (κ1) is 22.6. The van der Waals surface area contributed by atoms with E-state index in [-0.39, 0.29) is 17.4 Å². The number of carbonyl (C=O) groups is 3. The van der Waals surface area contributed by atoms with E-state index in [1.54, 1.807) is 11.0 Å². The first-order valence-electron chi connectivity index (χ1n) is 10.1. The summed E-state index contributed by atoms with van der Waals surface area (Å²) in [6, 6.07) is 15.2. The summed E-state index contributed by atoms with van der Waals surface area (Å²) >= 11 is 4.27. The molecule has 4 rings (SSSR count). The van der Waals surface area contributed by atoms with Crippen molar-refractivity contribution in [3.63, 3.8) is 0 Å². The number of halogens is 1. The molecule has 0 atom stereocenters. The first-order chi connectivity index (χ1) is 15.5. The molecule has 9 heteroatoms. The highest BCUT2D eigenvalue weighted by atomic mass is 79.9. The fourth-order valence-electron chi connectivity index (χ4n) is 3.32. The topological polar surface area (TPSA) is 76.2 Å². The number of nitrogens with zero attached hydrogens (tertiary/aromatic N) is 2. The molecule has 0 aromatic heterocycles. The number of benzene rings is 2. The molecule has 0 saturated carbocycles. The highest BCUT2D eigenvalue weighted by Crippen LogP contribution is 2.35. The van der Waals surface area contributed by atoms with E-state index < -0.39 is 11.1 Å². The SMILES string of the molecule is O=C(CN1C(=O)S/C(=C/c2cc(Br)ccc2OCc2ccccc2)C1=O)N1CCOCC1. The molecule has 0 aliphatic carbocycles. The predicted molar refractivity (Wildman–Crippen MR) is 125 cm³/mol. The second kappa shape index (κ2) is 10.3. The average molecular weight is 517 g/mol. The van der Waals surface area contributed by atoms with Gasteiger partial charge in [0.05, 0.1) is 18.1 Å². The summed E-state index contributed by atoms with van der Waals surface area (Å²) < 4.78 is 12.0. The molecule has 2 fully saturated rings. The van der Waals surface area contributed by atoms with E-state index in [0.717, 1.165) is 26.7 Å². The van der Waals surface area contributed by atoms with Gasteiger partial charge < -0.3 is 14.4 Å². The third-order valence-electron chi connectivity index (χ3n) is 5.03. The molecule has 3 amide bonds. The third kappa shape index (κ3) is 5.40. The van der Waals surface area contributed by atoms with Gasteiger partial charge in [-0.2, -0.15) is 0 Å². The predicted octanol–water partition coefficient (Wildman–Crippen LogP) is 3.92. The lowest BCUT2D eigenvalue weighted by Crippen LogP contribution is -2.46. The highest BCUT2D eigenvalue weighted by molar-refractivity contribution is 9.10. The van der Waals surface area contributed by atoms with Gasteiger partial charge in [0.25, 0.3) is 11.1 Å². The van der Waals surface area contributed by atoms with Crippen LogP contribution in [0, 0.1) is 0 Å². The van der Waals surface area contributed by atoms with Crippen molar-refractivity contribution in [1.82, 2.24) is 9.80 Å². The van der Waals surface area contributed by atoms with E-state index in [0.29, 0.717) is 44.2 Å². The lowest BCUT2D eigenvalue weighted by Gasteiger charge is -2.28. The minimum absolute atomic E-state index is 0.257. The number of hydrogen-bond donors (Lipinski definition) is 0. The minimum atomic E-state index is -0.476. The second-order valence-electron chi connectivity index (χ2n) is 7.22. The monoisotopic (exact) mass is 516 g/mol. The van der Waals surface area contributed by atoms with Crippen molar-refractivity contribution in [2.75, 3.05) is 32.8 Å². The molecule has 2 aliphatic heterocycles. The molecular formula is C23H21BrN2O5S. The van der Waals surface area contributed by atoms with Gasteiger partial charge >= 0.3 is 0 Å². The van der Waals surface area contributed by atoms with Crippen molar-refractivity contribution >= 4 is 50.8 Å². The van der Waals surface area contributed by atoms with Gasteiger partial charge in [0.1, 0.15) is 18.9 Å². The smallest absolute Gasteiger partial charge is 0.294 e. The number of rotatable bonds is 6. The summed E-state index contributed by atoms with van der Waals surface area (Å²) in [5, 5.41) is -0.454. The Morgan fingerprint density at radius 3 is 2.62 bits per heavy atom. The van der Waals surface area contributed by atoms with Crippen molar-refractivity contribution in [2.45, 2.75) is 6.61 Å². The molecule has 0 radical (unpaired) electrons. The zero-order chi connectivity index (χ0) is 22.5. The largest absolute Gasteiger partial charge is 0.488 e. The lowest BCUT2D eigenvalue weighted by molar-refractivity contribution is -0.139. The Labute approximate surface area is 198 Å². The Kier molecular flexibility index (Phi) is 7.29. The van der Waals surface area contributed by atoms with Crippen LogP contribution in [0.2, 0.25) is 0 Å². The molecule has 166 valence electrons. The van der Waals surface area contributed by atoms with Crippen LogP contribution in [0.4, 0.5) is 4.79 Å². The van der Waals surface area contributed by atoms with Crippen LogP contribution in [0.1, 0.15) is 11.1 Å². The molecule has 2 aromatic carbocycles. The Bertz CT molecular complexity index is 1050. The first-order valence-corrected chi connectivity index (χ1v) is 11.7. The van der Waals surface area contributed by atoms with Crippen LogP contribution >= 0.6 is 27.7 Å². The molecule has 0 spiro atoms.